The molecule has 4 heterocycles. The summed E-state index contributed by atoms with van der Waals surface area (Å²) in [6.45, 7) is 8.13. The van der Waals surface area contributed by atoms with E-state index in [-0.39, 0.29) is 46.5 Å². The molecule has 1 amide bonds. The highest BCUT2D eigenvalue weighted by Crippen LogP contribution is 2.49. The smallest absolute Gasteiger partial charge is 0.350 e. The number of hydrogen-bond acceptors (Lipinski definition) is 6. The van der Waals surface area contributed by atoms with Crippen molar-refractivity contribution in [1.29, 1.82) is 0 Å². The lowest BCUT2D eigenvalue weighted by Crippen LogP contribution is -2.54. The first-order valence-electron chi connectivity index (χ1n) is 13.4. The third-order valence-corrected chi connectivity index (χ3v) is 8.70. The summed E-state index contributed by atoms with van der Waals surface area (Å²) in [5.74, 6) is -1.47. The Morgan fingerprint density at radius 1 is 1.25 bits per heavy atom. The monoisotopic (exact) mass is 569 g/mol. The molecule has 1 unspecified atom stereocenters. The van der Waals surface area contributed by atoms with Crippen molar-refractivity contribution < 1.29 is 18.3 Å². The van der Waals surface area contributed by atoms with Gasteiger partial charge in [-0.1, -0.05) is 24.2 Å². The number of carbonyl (C=O) groups is 1. The summed E-state index contributed by atoms with van der Waals surface area (Å²) in [6, 6.07) is 4.18. The van der Waals surface area contributed by atoms with Gasteiger partial charge in [0.15, 0.2) is 17.4 Å². The van der Waals surface area contributed by atoms with Crippen LogP contribution in [0.4, 0.5) is 14.6 Å². The van der Waals surface area contributed by atoms with Crippen LogP contribution in [-0.4, -0.2) is 70.6 Å². The van der Waals surface area contributed by atoms with E-state index in [9.17, 15) is 14.0 Å². The van der Waals surface area contributed by atoms with E-state index in [1.165, 1.54) is 12.1 Å². The summed E-state index contributed by atoms with van der Waals surface area (Å²) in [5.41, 5.74) is 0.752. The number of piperazine rings is 1. The van der Waals surface area contributed by atoms with Gasteiger partial charge in [-0.3, -0.25) is 9.36 Å². The number of hydrogen-bond donors (Lipinski definition) is 0. The van der Waals surface area contributed by atoms with Crippen LogP contribution < -0.4 is 15.3 Å². The molecule has 0 saturated carbocycles. The summed E-state index contributed by atoms with van der Waals surface area (Å²) in [6.07, 6.45) is 3.23. The molecule has 1 aromatic heterocycles. The Morgan fingerprint density at radius 3 is 2.75 bits per heavy atom. The lowest BCUT2D eigenvalue weighted by atomic mass is 9.94. The SMILES string of the molecule is C=CC(=O)N1CCN(c2nc(=O)n(CC3CCCN3C)c3c4c(c(Cl)cc23)-c2c(ccc(F)c2F)CO4)[C@@H](C)C1. The molecule has 0 spiro atoms. The molecule has 210 valence electrons. The van der Waals surface area contributed by atoms with Gasteiger partial charge in [-0.25, -0.2) is 13.6 Å². The van der Waals surface area contributed by atoms with Crippen molar-refractivity contribution in [2.75, 3.05) is 38.1 Å². The molecule has 0 radical (unpaired) electrons. The maximum absolute atomic E-state index is 15.2. The predicted molar refractivity (Wildman–Crippen MR) is 150 cm³/mol. The molecular weight excluding hydrogens is 540 g/mol. The number of likely N-dealkylation sites (tertiary alicyclic amines) is 1. The van der Waals surface area contributed by atoms with Crippen LogP contribution in [-0.2, 0) is 17.9 Å². The van der Waals surface area contributed by atoms with Gasteiger partial charge in [0.25, 0.3) is 0 Å². The van der Waals surface area contributed by atoms with Crippen LogP contribution in [0.3, 0.4) is 0 Å². The number of carbonyl (C=O) groups excluding carboxylic acids is 1. The molecule has 6 rings (SSSR count). The third-order valence-electron chi connectivity index (χ3n) is 8.40. The van der Waals surface area contributed by atoms with Gasteiger partial charge < -0.3 is 19.4 Å². The minimum Gasteiger partial charge on any atom is -0.486 e. The van der Waals surface area contributed by atoms with Crippen LogP contribution in [0.15, 0.2) is 35.6 Å². The lowest BCUT2D eigenvalue weighted by Gasteiger charge is -2.40. The van der Waals surface area contributed by atoms with Crippen molar-refractivity contribution >= 4 is 34.2 Å². The molecule has 3 aliphatic rings. The number of aromatic nitrogens is 2. The summed E-state index contributed by atoms with van der Waals surface area (Å²) >= 11 is 6.81. The van der Waals surface area contributed by atoms with Crippen LogP contribution in [0.1, 0.15) is 25.3 Å². The minimum atomic E-state index is -1.00. The summed E-state index contributed by atoms with van der Waals surface area (Å²) < 4.78 is 37.4. The van der Waals surface area contributed by atoms with E-state index in [0.29, 0.717) is 48.5 Å². The number of likely N-dealkylation sites (N-methyl/N-ethyl adjacent to an activating group) is 1. The first-order chi connectivity index (χ1) is 19.2. The van der Waals surface area contributed by atoms with E-state index in [0.717, 1.165) is 25.5 Å². The first-order valence-corrected chi connectivity index (χ1v) is 13.8. The van der Waals surface area contributed by atoms with E-state index in [2.05, 4.69) is 16.5 Å². The Hall–Kier alpha value is -3.50. The van der Waals surface area contributed by atoms with Crippen molar-refractivity contribution in [3.8, 4) is 16.9 Å². The number of fused-ring (bicyclic) bond motifs is 5. The van der Waals surface area contributed by atoms with Gasteiger partial charge in [0, 0.05) is 60.3 Å². The molecule has 0 aliphatic carbocycles. The topological polar surface area (TPSA) is 70.9 Å². The van der Waals surface area contributed by atoms with Crippen LogP contribution in [0, 0.1) is 11.6 Å². The molecule has 2 saturated heterocycles. The molecule has 0 bridgehead atoms. The molecular formula is C29H30ClF2N5O3. The number of rotatable bonds is 4. The van der Waals surface area contributed by atoms with Crippen molar-refractivity contribution in [3.63, 3.8) is 0 Å². The Balaban J connectivity index is 1.58. The summed E-state index contributed by atoms with van der Waals surface area (Å²) in [4.78, 5) is 36.4. The zero-order valence-electron chi connectivity index (χ0n) is 22.4. The Bertz CT molecular complexity index is 1610. The van der Waals surface area contributed by atoms with Crippen LogP contribution in [0.2, 0.25) is 5.02 Å². The molecule has 2 aromatic carbocycles. The van der Waals surface area contributed by atoms with Gasteiger partial charge in [0.05, 0.1) is 10.5 Å². The number of benzene rings is 2. The molecule has 3 aromatic rings. The van der Waals surface area contributed by atoms with E-state index in [1.54, 1.807) is 15.5 Å². The molecule has 11 heteroatoms. The zero-order valence-corrected chi connectivity index (χ0v) is 23.2. The van der Waals surface area contributed by atoms with Crippen molar-refractivity contribution in [1.82, 2.24) is 19.4 Å². The second kappa shape index (κ2) is 10.2. The number of anilines is 1. The van der Waals surface area contributed by atoms with Gasteiger partial charge in [-0.05, 0) is 51.6 Å². The largest absolute Gasteiger partial charge is 0.486 e. The van der Waals surface area contributed by atoms with Crippen molar-refractivity contribution in [2.45, 2.75) is 45.0 Å². The lowest BCUT2D eigenvalue weighted by molar-refractivity contribution is -0.126. The van der Waals surface area contributed by atoms with Crippen LogP contribution in [0.25, 0.3) is 22.0 Å². The predicted octanol–water partition coefficient (Wildman–Crippen LogP) is 4.20. The highest BCUT2D eigenvalue weighted by atomic mass is 35.5. The Morgan fingerprint density at radius 2 is 2.05 bits per heavy atom. The number of halogens is 3. The fourth-order valence-corrected chi connectivity index (χ4v) is 6.57. The summed E-state index contributed by atoms with van der Waals surface area (Å²) in [5, 5.41) is 0.756. The molecule has 2 fully saturated rings. The van der Waals surface area contributed by atoms with E-state index in [1.807, 2.05) is 18.9 Å². The highest BCUT2D eigenvalue weighted by molar-refractivity contribution is 6.35. The number of nitrogens with zero attached hydrogens (tertiary/aromatic N) is 5. The average Bonchev–Trinajstić information content (AvgIpc) is 3.35. The normalized spacial score (nSPS) is 20.8. The Labute approximate surface area is 235 Å². The van der Waals surface area contributed by atoms with E-state index in [4.69, 9.17) is 16.3 Å². The second-order valence-corrected chi connectivity index (χ2v) is 11.2. The van der Waals surface area contributed by atoms with Crippen molar-refractivity contribution in [2.24, 2.45) is 0 Å². The fourth-order valence-electron chi connectivity index (χ4n) is 6.28. The van der Waals surface area contributed by atoms with Crippen LogP contribution >= 0.6 is 11.6 Å². The highest BCUT2D eigenvalue weighted by Gasteiger charge is 2.34. The van der Waals surface area contributed by atoms with Gasteiger partial charge in [0.2, 0.25) is 5.91 Å². The first kappa shape index (κ1) is 26.7. The van der Waals surface area contributed by atoms with Gasteiger partial charge in [-0.15, -0.1) is 0 Å². The molecule has 40 heavy (non-hydrogen) atoms. The quantitative estimate of drug-likeness (QED) is 0.439. The maximum Gasteiger partial charge on any atom is 0.350 e. The van der Waals surface area contributed by atoms with Crippen molar-refractivity contribution in [3.05, 3.63) is 63.6 Å². The second-order valence-electron chi connectivity index (χ2n) is 10.8. The molecule has 2 atom stereocenters. The van der Waals surface area contributed by atoms with E-state index >= 15 is 4.39 Å². The zero-order chi connectivity index (χ0) is 28.3. The maximum atomic E-state index is 15.2. The third kappa shape index (κ3) is 4.25. The van der Waals surface area contributed by atoms with E-state index < -0.39 is 17.3 Å². The molecule has 0 N–H and O–H groups in total. The fraction of sp³-hybridized carbons (Fsp3) is 0.414. The van der Waals surface area contributed by atoms with Gasteiger partial charge in [0.1, 0.15) is 12.4 Å². The number of amides is 1. The summed E-state index contributed by atoms with van der Waals surface area (Å²) in [7, 11) is 2.02. The number of ether oxygens (including phenoxy) is 1. The van der Waals surface area contributed by atoms with Crippen LogP contribution in [0.5, 0.6) is 5.75 Å². The molecule has 8 nitrogen and oxygen atoms in total. The molecule has 3 aliphatic heterocycles. The van der Waals surface area contributed by atoms with Gasteiger partial charge >= 0.3 is 5.69 Å². The average molecular weight is 570 g/mol. The van der Waals surface area contributed by atoms with Gasteiger partial charge in [-0.2, -0.15) is 4.98 Å². The Kier molecular flexibility index (Phi) is 6.78. The minimum absolute atomic E-state index is 0.00287. The standard InChI is InChI=1S/C29H30ClF2N5O3/c1-4-22(38)35-10-11-36(16(2)13-35)28-19-12-20(30)24-23-17(7-8-21(31)25(23)32)15-40-27(24)26(19)37(29(39)33-28)14-18-6-5-9-34(18)3/h4,7-8,12,16,18H,1,5-6,9-11,13-15H2,2-3H3/t16-,18?/m0/s1.